The zero-order valence-corrected chi connectivity index (χ0v) is 17.9. The number of pyridine rings is 1. The van der Waals surface area contributed by atoms with Crippen LogP contribution in [0.15, 0.2) is 72.6 Å². The summed E-state index contributed by atoms with van der Waals surface area (Å²) in [6, 6.07) is 14.6. The van der Waals surface area contributed by atoms with Crippen molar-refractivity contribution in [3.63, 3.8) is 0 Å². The summed E-state index contributed by atoms with van der Waals surface area (Å²) in [7, 11) is 3.09. The number of hydrogen-bond acceptors (Lipinski definition) is 6. The number of aromatic nitrogens is 1. The van der Waals surface area contributed by atoms with Gasteiger partial charge in [-0.25, -0.2) is 0 Å². The van der Waals surface area contributed by atoms with Gasteiger partial charge in [-0.15, -0.1) is 0 Å². The van der Waals surface area contributed by atoms with Crippen LogP contribution < -0.4 is 14.4 Å². The molecule has 3 aromatic rings. The van der Waals surface area contributed by atoms with Crippen LogP contribution in [-0.4, -0.2) is 36.0 Å². The van der Waals surface area contributed by atoms with E-state index in [1.54, 1.807) is 74.1 Å². The monoisotopic (exact) mass is 430 g/mol. The minimum absolute atomic E-state index is 0.00795. The lowest BCUT2D eigenvalue weighted by Crippen LogP contribution is -2.29. The van der Waals surface area contributed by atoms with E-state index in [-0.39, 0.29) is 11.3 Å². The molecule has 7 nitrogen and oxygen atoms in total. The quantitative estimate of drug-likeness (QED) is 0.373. The molecule has 1 atom stereocenters. The van der Waals surface area contributed by atoms with Gasteiger partial charge >= 0.3 is 0 Å². The Morgan fingerprint density at radius 2 is 1.75 bits per heavy atom. The average molecular weight is 430 g/mol. The number of benzene rings is 2. The highest BCUT2D eigenvalue weighted by Gasteiger charge is 2.47. The number of anilines is 1. The van der Waals surface area contributed by atoms with Gasteiger partial charge in [-0.2, -0.15) is 0 Å². The molecular formula is C25H22N2O5. The molecule has 1 N–H and O–H groups in total. The molecule has 1 aromatic heterocycles. The maximum Gasteiger partial charge on any atom is 0.300 e. The van der Waals surface area contributed by atoms with Crippen molar-refractivity contribution in [1.29, 1.82) is 0 Å². The second-order valence-electron chi connectivity index (χ2n) is 7.34. The van der Waals surface area contributed by atoms with Crippen LogP contribution in [0.3, 0.4) is 0 Å². The second kappa shape index (κ2) is 8.55. The highest BCUT2D eigenvalue weighted by molar-refractivity contribution is 6.51. The molecule has 32 heavy (non-hydrogen) atoms. The number of carbonyl (C=O) groups is 2. The summed E-state index contributed by atoms with van der Waals surface area (Å²) in [5.74, 6) is -0.540. The van der Waals surface area contributed by atoms with E-state index < -0.39 is 17.7 Å². The van der Waals surface area contributed by atoms with Crippen molar-refractivity contribution >= 4 is 23.1 Å². The molecule has 4 rings (SSSR count). The number of hydrogen-bond donors (Lipinski definition) is 1. The summed E-state index contributed by atoms with van der Waals surface area (Å²) >= 11 is 0. The fourth-order valence-electron chi connectivity index (χ4n) is 3.90. The van der Waals surface area contributed by atoms with Gasteiger partial charge in [-0.3, -0.25) is 19.5 Å². The van der Waals surface area contributed by atoms with Crippen LogP contribution in [0.5, 0.6) is 11.5 Å². The van der Waals surface area contributed by atoms with Crippen molar-refractivity contribution in [2.24, 2.45) is 0 Å². The Morgan fingerprint density at radius 3 is 2.41 bits per heavy atom. The molecule has 0 saturated carbocycles. The molecule has 1 fully saturated rings. The molecule has 0 radical (unpaired) electrons. The van der Waals surface area contributed by atoms with Crippen LogP contribution in [0.4, 0.5) is 5.69 Å². The number of methoxy groups -OCH3 is 2. The van der Waals surface area contributed by atoms with Crippen LogP contribution in [0, 0.1) is 6.92 Å². The molecule has 1 aliphatic rings. The third-order valence-corrected chi connectivity index (χ3v) is 5.47. The second-order valence-corrected chi connectivity index (χ2v) is 7.34. The van der Waals surface area contributed by atoms with E-state index >= 15 is 0 Å². The summed E-state index contributed by atoms with van der Waals surface area (Å²) in [6.45, 7) is 1.84. The topological polar surface area (TPSA) is 89.0 Å². The minimum Gasteiger partial charge on any atom is -0.507 e. The molecule has 2 aromatic carbocycles. The van der Waals surface area contributed by atoms with E-state index in [2.05, 4.69) is 4.98 Å². The summed E-state index contributed by atoms with van der Waals surface area (Å²) in [4.78, 5) is 31.7. The standard InChI is InChI=1S/C25H22N2O5/c1-15-13-17(7-8-20(15)32-3)23(28)21-22(16-9-11-26-12-10-16)27(25(30)24(21)29)18-5-4-6-19(14-18)31-2/h4-14,22,28H,1-3H3/b23-21+. The number of carbonyl (C=O) groups excluding carboxylic acids is 2. The predicted octanol–water partition coefficient (Wildman–Crippen LogP) is 4.03. The number of amides is 1. The predicted molar refractivity (Wildman–Crippen MR) is 120 cm³/mol. The van der Waals surface area contributed by atoms with Crippen LogP contribution in [-0.2, 0) is 9.59 Å². The lowest BCUT2D eigenvalue weighted by molar-refractivity contribution is -0.132. The average Bonchev–Trinajstić information content (AvgIpc) is 3.09. The molecule has 0 aliphatic carbocycles. The lowest BCUT2D eigenvalue weighted by Gasteiger charge is -2.25. The summed E-state index contributed by atoms with van der Waals surface area (Å²) in [6.07, 6.45) is 3.16. The van der Waals surface area contributed by atoms with Crippen molar-refractivity contribution in [2.75, 3.05) is 19.1 Å². The van der Waals surface area contributed by atoms with E-state index in [0.29, 0.717) is 28.3 Å². The Hall–Kier alpha value is -4.13. The first-order valence-electron chi connectivity index (χ1n) is 9.96. The molecule has 2 heterocycles. The zero-order chi connectivity index (χ0) is 22.8. The maximum atomic E-state index is 13.2. The highest BCUT2D eigenvalue weighted by atomic mass is 16.5. The van der Waals surface area contributed by atoms with Crippen LogP contribution in [0.1, 0.15) is 22.7 Å². The number of ether oxygens (including phenoxy) is 2. The Kier molecular flexibility index (Phi) is 5.64. The number of Topliss-reactive ketones (excluding diaryl/α,β-unsaturated/α-hetero) is 1. The molecule has 1 saturated heterocycles. The van der Waals surface area contributed by atoms with Gasteiger partial charge in [0.1, 0.15) is 17.3 Å². The third kappa shape index (κ3) is 3.58. The lowest BCUT2D eigenvalue weighted by atomic mass is 9.95. The van der Waals surface area contributed by atoms with E-state index in [4.69, 9.17) is 9.47 Å². The summed E-state index contributed by atoms with van der Waals surface area (Å²) in [5.41, 5.74) is 2.35. The van der Waals surface area contributed by atoms with Crippen molar-refractivity contribution in [3.8, 4) is 11.5 Å². The van der Waals surface area contributed by atoms with Crippen LogP contribution >= 0.6 is 0 Å². The van der Waals surface area contributed by atoms with Gasteiger partial charge in [0, 0.05) is 29.7 Å². The molecule has 7 heteroatoms. The van der Waals surface area contributed by atoms with Crippen LogP contribution in [0.2, 0.25) is 0 Å². The van der Waals surface area contributed by atoms with Crippen molar-refractivity contribution in [2.45, 2.75) is 13.0 Å². The van der Waals surface area contributed by atoms with Gasteiger partial charge in [-0.05, 0) is 60.5 Å². The van der Waals surface area contributed by atoms with Crippen molar-refractivity contribution in [3.05, 3.63) is 89.3 Å². The molecule has 162 valence electrons. The number of aliphatic hydroxyl groups is 1. The van der Waals surface area contributed by atoms with Crippen LogP contribution in [0.25, 0.3) is 5.76 Å². The maximum absolute atomic E-state index is 13.2. The molecule has 0 spiro atoms. The first-order valence-corrected chi connectivity index (χ1v) is 9.96. The van der Waals surface area contributed by atoms with Crippen molar-refractivity contribution in [1.82, 2.24) is 4.98 Å². The largest absolute Gasteiger partial charge is 0.507 e. The zero-order valence-electron chi connectivity index (χ0n) is 17.9. The van der Waals surface area contributed by atoms with E-state index in [0.717, 1.165) is 5.56 Å². The van der Waals surface area contributed by atoms with Gasteiger partial charge in [0.25, 0.3) is 11.7 Å². The normalized spacial score (nSPS) is 17.5. The minimum atomic E-state index is -0.826. The molecule has 0 bridgehead atoms. The molecule has 1 unspecified atom stereocenters. The number of nitrogens with zero attached hydrogens (tertiary/aromatic N) is 2. The van der Waals surface area contributed by atoms with Gasteiger partial charge in [-0.1, -0.05) is 6.07 Å². The number of aliphatic hydroxyl groups excluding tert-OH is 1. The number of aryl methyl sites for hydroxylation is 1. The SMILES string of the molecule is COc1cccc(N2C(=O)C(=O)/C(=C(/O)c3ccc(OC)c(C)c3)C2c2ccncc2)c1. The van der Waals surface area contributed by atoms with Gasteiger partial charge in [0.2, 0.25) is 0 Å². The summed E-state index contributed by atoms with van der Waals surface area (Å²) in [5, 5.41) is 11.2. The smallest absolute Gasteiger partial charge is 0.300 e. The fraction of sp³-hybridized carbons (Fsp3) is 0.160. The fourth-order valence-corrected chi connectivity index (χ4v) is 3.90. The highest BCUT2D eigenvalue weighted by Crippen LogP contribution is 2.42. The molecule has 1 amide bonds. The van der Waals surface area contributed by atoms with Crippen molar-refractivity contribution < 1.29 is 24.2 Å². The Morgan fingerprint density at radius 1 is 1.00 bits per heavy atom. The Balaban J connectivity index is 1.93. The third-order valence-electron chi connectivity index (χ3n) is 5.47. The van der Waals surface area contributed by atoms with E-state index in [1.807, 2.05) is 6.92 Å². The van der Waals surface area contributed by atoms with E-state index in [1.165, 1.54) is 12.0 Å². The first kappa shape index (κ1) is 21.1. The van der Waals surface area contributed by atoms with Gasteiger partial charge in [0.05, 0.1) is 25.8 Å². The number of ketones is 1. The summed E-state index contributed by atoms with van der Waals surface area (Å²) < 4.78 is 10.6. The molecular weight excluding hydrogens is 408 g/mol. The molecule has 1 aliphatic heterocycles. The first-order chi connectivity index (χ1) is 15.5. The number of rotatable bonds is 5. The Bertz CT molecular complexity index is 1220. The van der Waals surface area contributed by atoms with E-state index in [9.17, 15) is 14.7 Å². The van der Waals surface area contributed by atoms with Gasteiger partial charge < -0.3 is 14.6 Å². The Labute approximate surface area is 185 Å². The van der Waals surface area contributed by atoms with Gasteiger partial charge in [0.15, 0.2) is 0 Å².